The molecule has 47 heavy (non-hydrogen) atoms. The number of amides is 1. The Hall–Kier alpha value is -5.05. The molecule has 250 valence electrons. The van der Waals surface area contributed by atoms with Crippen LogP contribution in [0.25, 0.3) is 11.2 Å². The van der Waals surface area contributed by atoms with Crippen LogP contribution in [0.1, 0.15) is 56.8 Å². The van der Waals surface area contributed by atoms with Crippen LogP contribution >= 0.6 is 0 Å². The van der Waals surface area contributed by atoms with Crippen LogP contribution in [0.4, 0.5) is 11.8 Å². The Morgan fingerprint density at radius 3 is 2.53 bits per heavy atom. The molecule has 1 fully saturated rings. The normalized spacial score (nSPS) is 15.8. The van der Waals surface area contributed by atoms with Gasteiger partial charge in [0, 0.05) is 38.6 Å². The van der Waals surface area contributed by atoms with E-state index in [1.165, 1.54) is 11.7 Å². The number of carbonyl (C=O) groups excluding carboxylic acids is 2. The van der Waals surface area contributed by atoms with Crippen LogP contribution in [0.5, 0.6) is 6.01 Å². The second-order valence-electron chi connectivity index (χ2n) is 11.4. The summed E-state index contributed by atoms with van der Waals surface area (Å²) in [7, 11) is 1.36. The van der Waals surface area contributed by atoms with Crippen LogP contribution < -0.4 is 26.4 Å². The van der Waals surface area contributed by atoms with Crippen LogP contribution in [0.3, 0.4) is 0 Å². The number of H-pyrrole nitrogens is 1. The molecule has 15 nitrogen and oxygen atoms in total. The third-order valence-electron chi connectivity index (χ3n) is 8.17. The van der Waals surface area contributed by atoms with Gasteiger partial charge in [-0.25, -0.2) is 14.8 Å². The number of imidazole rings is 1. The highest BCUT2D eigenvalue weighted by Crippen LogP contribution is 2.29. The van der Waals surface area contributed by atoms with Crippen LogP contribution in [0.2, 0.25) is 0 Å². The number of hydrogen-bond donors (Lipinski definition) is 3. The molecule has 5 rings (SSSR count). The van der Waals surface area contributed by atoms with Crippen molar-refractivity contribution in [2.75, 3.05) is 44.0 Å². The highest BCUT2D eigenvalue weighted by molar-refractivity contribution is 5.83. The van der Waals surface area contributed by atoms with E-state index in [-0.39, 0.29) is 30.1 Å². The SMILES string of the molecule is CCCCOc1nc(N)c2[nH]c(=O)n(C3CN(C(CCC)C(=O)NCc4ccc(CC(=O)OC)cc4)CCN3c3ncccn3)c2n1. The topological polar surface area (TPSA) is 186 Å². The molecule has 1 amide bonds. The van der Waals surface area contributed by atoms with Gasteiger partial charge < -0.3 is 30.4 Å². The number of esters is 1. The molecule has 2 unspecified atom stereocenters. The molecule has 0 aliphatic carbocycles. The zero-order chi connectivity index (χ0) is 33.3. The van der Waals surface area contributed by atoms with Crippen LogP contribution in [-0.2, 0) is 27.3 Å². The number of carbonyl (C=O) groups is 2. The molecule has 3 aromatic heterocycles. The number of nitrogen functional groups attached to an aromatic ring is 1. The molecule has 1 aliphatic rings. The first-order chi connectivity index (χ1) is 22.8. The molecule has 15 heteroatoms. The predicted molar refractivity (Wildman–Crippen MR) is 176 cm³/mol. The summed E-state index contributed by atoms with van der Waals surface area (Å²) in [4.78, 5) is 63.5. The maximum Gasteiger partial charge on any atom is 0.329 e. The van der Waals surface area contributed by atoms with E-state index in [4.69, 9.17) is 15.2 Å². The number of methoxy groups -OCH3 is 1. The van der Waals surface area contributed by atoms with E-state index in [0.717, 1.165) is 30.4 Å². The Balaban J connectivity index is 1.41. The van der Waals surface area contributed by atoms with Gasteiger partial charge in [0.05, 0.1) is 26.2 Å². The molecule has 4 aromatic rings. The number of hydrogen-bond acceptors (Lipinski definition) is 12. The lowest BCUT2D eigenvalue weighted by Gasteiger charge is -2.44. The zero-order valence-electron chi connectivity index (χ0n) is 27.0. The van der Waals surface area contributed by atoms with Gasteiger partial charge in [-0.2, -0.15) is 9.97 Å². The highest BCUT2D eigenvalue weighted by Gasteiger charge is 2.37. The van der Waals surface area contributed by atoms with Gasteiger partial charge in [-0.05, 0) is 30.0 Å². The number of aromatic nitrogens is 6. The van der Waals surface area contributed by atoms with Crippen molar-refractivity contribution in [2.24, 2.45) is 0 Å². The van der Waals surface area contributed by atoms with Gasteiger partial charge >= 0.3 is 17.7 Å². The number of piperazine rings is 1. The summed E-state index contributed by atoms with van der Waals surface area (Å²) < 4.78 is 12.0. The Morgan fingerprint density at radius 2 is 1.83 bits per heavy atom. The number of aromatic amines is 1. The monoisotopic (exact) mass is 646 g/mol. The van der Waals surface area contributed by atoms with E-state index in [1.807, 2.05) is 36.1 Å². The standard InChI is InChI=1S/C32H42N10O5/c1-4-6-17-47-31-38-27(33)26-28(39-31)42(32(45)37-26)24-20-40(15-16-41(24)30-34-13-7-14-35-30)23(8-5-2)29(44)36-19-22-11-9-21(10-12-22)18-25(43)46-3/h7,9-14,23-24H,4-6,8,15-20H2,1-3H3,(H,36,44)(H,37,45)(H2,33,38,39). The average Bonchev–Trinajstić information content (AvgIpc) is 3.43. The molecule has 1 aliphatic heterocycles. The summed E-state index contributed by atoms with van der Waals surface area (Å²) in [6, 6.07) is 8.86. The first kappa shape index (κ1) is 33.3. The number of nitrogens with zero attached hydrogens (tertiary/aromatic N) is 7. The van der Waals surface area contributed by atoms with E-state index in [9.17, 15) is 14.4 Å². The number of nitrogens with one attached hydrogen (secondary N) is 2. The van der Waals surface area contributed by atoms with Crippen molar-refractivity contribution < 1.29 is 19.1 Å². The van der Waals surface area contributed by atoms with Crippen LogP contribution in [0, 0.1) is 0 Å². The fourth-order valence-electron chi connectivity index (χ4n) is 5.69. The average molecular weight is 647 g/mol. The number of unbranched alkanes of at least 4 members (excludes halogenated alkanes) is 1. The molecule has 1 aromatic carbocycles. The smallest absolute Gasteiger partial charge is 0.329 e. The summed E-state index contributed by atoms with van der Waals surface area (Å²) in [6.07, 6.45) is 6.02. The lowest BCUT2D eigenvalue weighted by atomic mass is 10.1. The molecule has 4 heterocycles. The number of rotatable bonds is 14. The number of benzene rings is 1. The molecule has 2 atom stereocenters. The zero-order valence-corrected chi connectivity index (χ0v) is 27.0. The minimum Gasteiger partial charge on any atom is -0.469 e. The van der Waals surface area contributed by atoms with Gasteiger partial charge in [0.1, 0.15) is 11.7 Å². The Morgan fingerprint density at radius 1 is 1.09 bits per heavy atom. The fraction of sp³-hybridized carbons (Fsp3) is 0.469. The van der Waals surface area contributed by atoms with Gasteiger partial charge in [-0.15, -0.1) is 0 Å². The molecule has 1 saturated heterocycles. The first-order valence-electron chi connectivity index (χ1n) is 15.9. The van der Waals surface area contributed by atoms with Crippen molar-refractivity contribution in [2.45, 2.75) is 64.7 Å². The van der Waals surface area contributed by atoms with Crippen molar-refractivity contribution in [1.29, 1.82) is 0 Å². The number of fused-ring (bicyclic) bond motifs is 1. The van der Waals surface area contributed by atoms with Crippen molar-refractivity contribution in [3.8, 4) is 6.01 Å². The van der Waals surface area contributed by atoms with Crippen LogP contribution in [0.15, 0.2) is 47.5 Å². The predicted octanol–water partition coefficient (Wildman–Crippen LogP) is 2.19. The third-order valence-corrected chi connectivity index (χ3v) is 8.17. The van der Waals surface area contributed by atoms with E-state index in [2.05, 4.69) is 42.1 Å². The molecule has 0 spiro atoms. The van der Waals surface area contributed by atoms with Crippen molar-refractivity contribution in [3.05, 3.63) is 64.3 Å². The van der Waals surface area contributed by atoms with E-state index < -0.39 is 17.9 Å². The molecule has 4 N–H and O–H groups in total. The maximum absolute atomic E-state index is 13.7. The Bertz CT molecular complexity index is 1710. The number of ether oxygens (including phenoxy) is 2. The van der Waals surface area contributed by atoms with E-state index in [1.54, 1.807) is 18.5 Å². The van der Waals surface area contributed by atoms with Gasteiger partial charge in [0.2, 0.25) is 11.9 Å². The quantitative estimate of drug-likeness (QED) is 0.134. The first-order valence-corrected chi connectivity index (χ1v) is 15.9. The molecule has 0 bridgehead atoms. The lowest BCUT2D eigenvalue weighted by molar-refractivity contribution is -0.139. The van der Waals surface area contributed by atoms with E-state index in [0.29, 0.717) is 56.3 Å². The Kier molecular flexibility index (Phi) is 11.0. The fourth-order valence-corrected chi connectivity index (χ4v) is 5.69. The minimum absolute atomic E-state index is 0.0907. The van der Waals surface area contributed by atoms with Crippen molar-refractivity contribution in [1.82, 2.24) is 39.7 Å². The van der Waals surface area contributed by atoms with Crippen molar-refractivity contribution >= 4 is 34.8 Å². The number of anilines is 2. The second-order valence-corrected chi connectivity index (χ2v) is 11.4. The van der Waals surface area contributed by atoms with Crippen LogP contribution in [-0.4, -0.2) is 85.7 Å². The third kappa shape index (κ3) is 7.85. The molecular weight excluding hydrogens is 604 g/mol. The minimum atomic E-state index is -0.625. The molecular formula is C32H42N10O5. The van der Waals surface area contributed by atoms with Gasteiger partial charge in [0.15, 0.2) is 11.5 Å². The van der Waals surface area contributed by atoms with Gasteiger partial charge in [-0.3, -0.25) is 19.1 Å². The maximum atomic E-state index is 13.7. The summed E-state index contributed by atoms with van der Waals surface area (Å²) in [6.45, 7) is 6.13. The second kappa shape index (κ2) is 15.5. The Labute approximate surface area is 272 Å². The van der Waals surface area contributed by atoms with E-state index >= 15 is 0 Å². The van der Waals surface area contributed by atoms with Gasteiger partial charge in [-0.1, -0.05) is 51.0 Å². The summed E-state index contributed by atoms with van der Waals surface area (Å²) >= 11 is 0. The lowest BCUT2D eigenvalue weighted by Crippen LogP contribution is -2.58. The summed E-state index contributed by atoms with van der Waals surface area (Å²) in [5, 5.41) is 3.09. The largest absolute Gasteiger partial charge is 0.469 e. The molecule has 0 radical (unpaired) electrons. The highest BCUT2D eigenvalue weighted by atomic mass is 16.5. The molecule has 0 saturated carbocycles. The van der Waals surface area contributed by atoms with Crippen molar-refractivity contribution in [3.63, 3.8) is 0 Å². The summed E-state index contributed by atoms with van der Waals surface area (Å²) in [5.74, 6) is 0.136. The number of nitrogens with two attached hydrogens (primary N) is 1. The summed E-state index contributed by atoms with van der Waals surface area (Å²) in [5.41, 5.74) is 8.18. The van der Waals surface area contributed by atoms with Gasteiger partial charge in [0.25, 0.3) is 0 Å².